The molecule has 0 radical (unpaired) electrons. The standard InChI is InChI=1S/C30H26INO13/c1-15(33)42-21-11-5-17(13-23(21)40-3)29(38)44-25(27(35)32-20-9-7-19(31)8-10-20)26(28(36)37)45-30(39)18-6-12-22(43-16(2)34)24(14-18)41-4/h5-14,25-26H,1-4H3,(H,32,35)(H,36,37)/t25-,26+/m1/s1. The number of rotatable bonds is 12. The van der Waals surface area contributed by atoms with Crippen LogP contribution in [0.25, 0.3) is 0 Å². The zero-order valence-corrected chi connectivity index (χ0v) is 26.3. The molecular formula is C30H26INO13. The van der Waals surface area contributed by atoms with Crippen LogP contribution in [0.5, 0.6) is 23.0 Å². The molecule has 45 heavy (non-hydrogen) atoms. The van der Waals surface area contributed by atoms with Gasteiger partial charge in [-0.05, 0) is 83.3 Å². The maximum atomic E-state index is 13.4. The maximum Gasteiger partial charge on any atom is 0.349 e. The molecule has 0 aliphatic heterocycles. The molecule has 0 unspecified atom stereocenters. The molecule has 236 valence electrons. The Hall–Kier alpha value is -5.19. The highest BCUT2D eigenvalue weighted by Crippen LogP contribution is 2.30. The van der Waals surface area contributed by atoms with E-state index in [9.17, 15) is 33.9 Å². The van der Waals surface area contributed by atoms with E-state index in [2.05, 4.69) is 5.32 Å². The van der Waals surface area contributed by atoms with Gasteiger partial charge in [0.05, 0.1) is 25.3 Å². The second-order valence-corrected chi connectivity index (χ2v) is 10.2. The monoisotopic (exact) mass is 735 g/mol. The van der Waals surface area contributed by atoms with E-state index in [1.165, 1.54) is 50.6 Å². The molecule has 0 aromatic heterocycles. The lowest BCUT2D eigenvalue weighted by atomic mass is 10.1. The third-order valence-corrected chi connectivity index (χ3v) is 6.38. The molecule has 0 bridgehead atoms. The molecule has 3 aromatic carbocycles. The lowest BCUT2D eigenvalue weighted by Gasteiger charge is -2.24. The first kappa shape index (κ1) is 34.3. The van der Waals surface area contributed by atoms with Crippen molar-refractivity contribution in [3.05, 3.63) is 75.4 Å². The number of anilines is 1. The largest absolute Gasteiger partial charge is 0.493 e. The maximum absolute atomic E-state index is 13.4. The van der Waals surface area contributed by atoms with E-state index in [0.717, 1.165) is 29.6 Å². The Labute approximate surface area is 269 Å². The Morgan fingerprint density at radius 2 is 1.11 bits per heavy atom. The van der Waals surface area contributed by atoms with Gasteiger partial charge in [-0.2, -0.15) is 0 Å². The summed E-state index contributed by atoms with van der Waals surface area (Å²) in [4.78, 5) is 74.7. The predicted octanol–water partition coefficient (Wildman–Crippen LogP) is 3.63. The average Bonchev–Trinajstić information content (AvgIpc) is 2.99. The topological polar surface area (TPSA) is 190 Å². The fourth-order valence-electron chi connectivity index (χ4n) is 3.68. The van der Waals surface area contributed by atoms with Gasteiger partial charge in [-0.3, -0.25) is 14.4 Å². The zero-order valence-electron chi connectivity index (χ0n) is 24.2. The number of carbonyl (C=O) groups is 6. The van der Waals surface area contributed by atoms with Gasteiger partial charge < -0.3 is 38.8 Å². The van der Waals surface area contributed by atoms with Gasteiger partial charge in [-0.1, -0.05) is 0 Å². The summed E-state index contributed by atoms with van der Waals surface area (Å²) in [5.74, 6) is -6.79. The van der Waals surface area contributed by atoms with Gasteiger partial charge in [0.25, 0.3) is 5.91 Å². The molecule has 15 heteroatoms. The number of nitrogens with one attached hydrogen (secondary N) is 1. The minimum Gasteiger partial charge on any atom is -0.493 e. The number of carbonyl (C=O) groups excluding carboxylic acids is 5. The van der Waals surface area contributed by atoms with Crippen LogP contribution >= 0.6 is 22.6 Å². The minimum absolute atomic E-state index is 0.0120. The fourth-order valence-corrected chi connectivity index (χ4v) is 4.03. The van der Waals surface area contributed by atoms with Gasteiger partial charge in [0.1, 0.15) is 0 Å². The van der Waals surface area contributed by atoms with E-state index < -0.39 is 48.0 Å². The lowest BCUT2D eigenvalue weighted by molar-refractivity contribution is -0.157. The molecule has 2 atom stereocenters. The second-order valence-electron chi connectivity index (χ2n) is 8.90. The van der Waals surface area contributed by atoms with Gasteiger partial charge in [0.2, 0.25) is 12.2 Å². The average molecular weight is 735 g/mol. The number of hydrogen-bond acceptors (Lipinski definition) is 12. The molecule has 14 nitrogen and oxygen atoms in total. The number of esters is 4. The molecule has 3 aromatic rings. The number of ether oxygens (including phenoxy) is 6. The van der Waals surface area contributed by atoms with Crippen molar-refractivity contribution in [2.75, 3.05) is 19.5 Å². The van der Waals surface area contributed by atoms with Crippen LogP contribution in [0.15, 0.2) is 60.7 Å². The molecule has 3 rings (SSSR count). The van der Waals surface area contributed by atoms with Gasteiger partial charge in [0.15, 0.2) is 23.0 Å². The molecular weight excluding hydrogens is 709 g/mol. The number of benzene rings is 3. The number of methoxy groups -OCH3 is 2. The number of carboxylic acid groups (broad SMARTS) is 1. The molecule has 0 heterocycles. The van der Waals surface area contributed by atoms with Crippen molar-refractivity contribution in [1.29, 1.82) is 0 Å². The summed E-state index contributed by atoms with van der Waals surface area (Å²) in [5.41, 5.74) is -0.214. The highest BCUT2D eigenvalue weighted by Gasteiger charge is 2.41. The molecule has 0 fully saturated rings. The smallest absolute Gasteiger partial charge is 0.349 e. The molecule has 0 aliphatic carbocycles. The number of aliphatic carboxylic acids is 1. The first-order valence-corrected chi connectivity index (χ1v) is 13.8. The Morgan fingerprint density at radius 1 is 0.667 bits per heavy atom. The van der Waals surface area contributed by atoms with Crippen molar-refractivity contribution in [2.24, 2.45) is 0 Å². The van der Waals surface area contributed by atoms with Crippen LogP contribution in [0, 0.1) is 3.57 Å². The van der Waals surface area contributed by atoms with Crippen LogP contribution in [0.3, 0.4) is 0 Å². The number of halogens is 1. The van der Waals surface area contributed by atoms with Crippen LogP contribution < -0.4 is 24.3 Å². The number of carboxylic acids is 1. The Morgan fingerprint density at radius 3 is 1.51 bits per heavy atom. The number of hydrogen-bond donors (Lipinski definition) is 2. The third-order valence-electron chi connectivity index (χ3n) is 5.66. The van der Waals surface area contributed by atoms with Crippen molar-refractivity contribution in [3.8, 4) is 23.0 Å². The van der Waals surface area contributed by atoms with E-state index in [4.69, 9.17) is 28.4 Å². The normalized spacial score (nSPS) is 11.7. The summed E-state index contributed by atoms with van der Waals surface area (Å²) in [6.45, 7) is 2.32. The zero-order chi connectivity index (χ0) is 33.3. The highest BCUT2D eigenvalue weighted by molar-refractivity contribution is 14.1. The van der Waals surface area contributed by atoms with Crippen molar-refractivity contribution in [3.63, 3.8) is 0 Å². The Kier molecular flexibility index (Phi) is 11.8. The summed E-state index contributed by atoms with van der Waals surface area (Å²) in [6.07, 6.45) is -4.55. The molecule has 1 amide bonds. The van der Waals surface area contributed by atoms with E-state index in [1.54, 1.807) is 12.1 Å². The van der Waals surface area contributed by atoms with Crippen molar-refractivity contribution in [1.82, 2.24) is 0 Å². The highest BCUT2D eigenvalue weighted by atomic mass is 127. The predicted molar refractivity (Wildman–Crippen MR) is 162 cm³/mol. The first-order chi connectivity index (χ1) is 21.3. The van der Waals surface area contributed by atoms with Gasteiger partial charge >= 0.3 is 29.8 Å². The summed E-state index contributed by atoms with van der Waals surface area (Å²) in [6, 6.07) is 13.5. The van der Waals surface area contributed by atoms with E-state index in [-0.39, 0.29) is 39.8 Å². The Bertz CT molecular complexity index is 1620. The summed E-state index contributed by atoms with van der Waals surface area (Å²) in [7, 11) is 2.50. The van der Waals surface area contributed by atoms with Crippen LogP contribution in [-0.2, 0) is 28.7 Å². The molecule has 0 spiro atoms. The van der Waals surface area contributed by atoms with Crippen molar-refractivity contribution >= 4 is 64.0 Å². The van der Waals surface area contributed by atoms with Crippen LogP contribution in [0.4, 0.5) is 5.69 Å². The summed E-state index contributed by atoms with van der Waals surface area (Å²) >= 11 is 2.04. The molecule has 0 saturated carbocycles. The molecule has 2 N–H and O–H groups in total. The summed E-state index contributed by atoms with van der Waals surface area (Å²) in [5, 5.41) is 12.5. The van der Waals surface area contributed by atoms with Crippen LogP contribution in [0.2, 0.25) is 0 Å². The SMILES string of the molecule is COc1cc(C(=O)O[C@H](C(=O)O)[C@@H](OC(=O)c2ccc(OC(C)=O)c(OC)c2)C(=O)Nc2ccc(I)cc2)ccc1OC(C)=O. The quantitative estimate of drug-likeness (QED) is 0.156. The minimum atomic E-state index is -2.34. The summed E-state index contributed by atoms with van der Waals surface area (Å²) < 4.78 is 31.6. The van der Waals surface area contributed by atoms with E-state index in [1.807, 2.05) is 22.6 Å². The molecule has 0 saturated heterocycles. The Balaban J connectivity index is 1.96. The first-order valence-electron chi connectivity index (χ1n) is 12.8. The van der Waals surface area contributed by atoms with Gasteiger partial charge in [-0.25, -0.2) is 14.4 Å². The molecule has 0 aliphatic rings. The second kappa shape index (κ2) is 15.5. The van der Waals surface area contributed by atoms with E-state index in [0.29, 0.717) is 0 Å². The van der Waals surface area contributed by atoms with Crippen molar-refractivity contribution in [2.45, 2.75) is 26.1 Å². The van der Waals surface area contributed by atoms with Crippen LogP contribution in [0.1, 0.15) is 34.6 Å². The van der Waals surface area contributed by atoms with Crippen LogP contribution in [-0.4, -0.2) is 67.3 Å². The van der Waals surface area contributed by atoms with Gasteiger partial charge in [-0.15, -0.1) is 0 Å². The lowest BCUT2D eigenvalue weighted by Crippen LogP contribution is -2.48. The van der Waals surface area contributed by atoms with Crippen molar-refractivity contribution < 1.29 is 62.3 Å². The van der Waals surface area contributed by atoms with Gasteiger partial charge in [0, 0.05) is 23.1 Å². The third kappa shape index (κ3) is 9.40. The fraction of sp³-hybridized carbons (Fsp3) is 0.200. The number of amides is 1. The van der Waals surface area contributed by atoms with E-state index >= 15 is 0 Å².